The highest BCUT2D eigenvalue weighted by atomic mass is 35.5. The quantitative estimate of drug-likeness (QED) is 0.348. The van der Waals surface area contributed by atoms with Crippen molar-refractivity contribution in [2.24, 2.45) is 0 Å². The Balaban J connectivity index is 0.00000841. The fourth-order valence-corrected chi connectivity index (χ4v) is 4.03. The molecule has 6 nitrogen and oxygen atoms in total. The molecule has 1 aromatic rings. The molecule has 0 heterocycles. The number of halogens is 1. The van der Waals surface area contributed by atoms with Gasteiger partial charge in [0.05, 0.1) is 38.6 Å². The summed E-state index contributed by atoms with van der Waals surface area (Å²) in [7, 11) is 0. The lowest BCUT2D eigenvalue weighted by molar-refractivity contribution is -0.946. The Morgan fingerprint density at radius 2 is 1.73 bits per heavy atom. The van der Waals surface area contributed by atoms with E-state index in [4.69, 9.17) is 5.73 Å². The van der Waals surface area contributed by atoms with Crippen LogP contribution in [-0.2, 0) is 9.59 Å². The predicted octanol–water partition coefficient (Wildman–Crippen LogP) is 0.567. The highest BCUT2D eigenvalue weighted by Gasteiger charge is 2.32. The fraction of sp³-hybridized carbons (Fsp3) is 0.652. The third kappa shape index (κ3) is 8.15. The van der Waals surface area contributed by atoms with Gasteiger partial charge in [-0.25, -0.2) is 0 Å². The van der Waals surface area contributed by atoms with Crippen LogP contribution in [0.3, 0.4) is 0 Å². The molecule has 0 aliphatic heterocycles. The average Bonchev–Trinajstić information content (AvgIpc) is 2.72. The van der Waals surface area contributed by atoms with Crippen LogP contribution in [0.15, 0.2) is 24.3 Å². The van der Waals surface area contributed by atoms with Crippen molar-refractivity contribution in [3.05, 3.63) is 24.3 Å². The molecule has 2 amide bonds. The van der Waals surface area contributed by atoms with E-state index < -0.39 is 0 Å². The number of benzene rings is 1. The summed E-state index contributed by atoms with van der Waals surface area (Å²) in [5, 5.41) is 3.01. The summed E-state index contributed by atoms with van der Waals surface area (Å²) >= 11 is 0. The van der Waals surface area contributed by atoms with Crippen LogP contribution in [0.2, 0.25) is 0 Å². The van der Waals surface area contributed by atoms with E-state index in [9.17, 15) is 9.59 Å². The molecule has 2 unspecified atom stereocenters. The summed E-state index contributed by atoms with van der Waals surface area (Å²) in [6.07, 6.45) is 3.21. The molecule has 0 spiro atoms. The number of nitrogens with one attached hydrogen (secondary N) is 1. The number of rotatable bonds is 13. The van der Waals surface area contributed by atoms with Crippen LogP contribution in [0.5, 0.6) is 0 Å². The first kappa shape index (κ1) is 28.2. The van der Waals surface area contributed by atoms with Crippen LogP contribution < -0.4 is 28.4 Å². The first-order valence-electron chi connectivity index (χ1n) is 11.1. The molecule has 1 rings (SSSR count). The molecule has 0 aromatic heterocycles. The molecule has 30 heavy (non-hydrogen) atoms. The van der Waals surface area contributed by atoms with Gasteiger partial charge in [0.25, 0.3) is 0 Å². The molecule has 7 heteroatoms. The van der Waals surface area contributed by atoms with Crippen molar-refractivity contribution in [1.29, 1.82) is 0 Å². The maximum Gasteiger partial charge on any atom is 0.232 e. The fourth-order valence-electron chi connectivity index (χ4n) is 4.03. The molecule has 0 fully saturated rings. The number of carbonyl (C=O) groups excluding carboxylic acids is 2. The number of hydrogen-bond acceptors (Lipinski definition) is 3. The normalized spacial score (nSPS) is 13.6. The van der Waals surface area contributed by atoms with E-state index in [0.717, 1.165) is 42.6 Å². The van der Waals surface area contributed by atoms with Gasteiger partial charge in [-0.1, -0.05) is 20.3 Å². The summed E-state index contributed by atoms with van der Waals surface area (Å²) < 4.78 is 0.850. The molecule has 0 aliphatic rings. The third-order valence-electron chi connectivity index (χ3n) is 6.06. The van der Waals surface area contributed by atoms with E-state index in [1.807, 2.05) is 43.0 Å². The number of hydrogen-bond donors (Lipinski definition) is 2. The van der Waals surface area contributed by atoms with Crippen LogP contribution >= 0.6 is 0 Å². The van der Waals surface area contributed by atoms with Gasteiger partial charge in [-0.15, -0.1) is 0 Å². The maximum atomic E-state index is 13.0. The van der Waals surface area contributed by atoms with Crippen LogP contribution in [0.25, 0.3) is 0 Å². The zero-order valence-corrected chi connectivity index (χ0v) is 20.2. The zero-order valence-electron chi connectivity index (χ0n) is 19.4. The van der Waals surface area contributed by atoms with Crippen LogP contribution in [0.1, 0.15) is 60.3 Å². The van der Waals surface area contributed by atoms with E-state index in [-0.39, 0.29) is 24.2 Å². The summed E-state index contributed by atoms with van der Waals surface area (Å²) in [4.78, 5) is 26.5. The Labute approximate surface area is 189 Å². The van der Waals surface area contributed by atoms with Gasteiger partial charge in [0, 0.05) is 24.3 Å². The number of amides is 2. The lowest BCUT2D eigenvalue weighted by Gasteiger charge is -2.43. The third-order valence-corrected chi connectivity index (χ3v) is 6.06. The Morgan fingerprint density at radius 3 is 2.23 bits per heavy atom. The Kier molecular flexibility index (Phi) is 13.4. The molecule has 0 bridgehead atoms. The second kappa shape index (κ2) is 14.3. The van der Waals surface area contributed by atoms with E-state index >= 15 is 0 Å². The van der Waals surface area contributed by atoms with Gasteiger partial charge < -0.3 is 32.8 Å². The van der Waals surface area contributed by atoms with Crippen molar-refractivity contribution in [3.8, 4) is 0 Å². The number of anilines is 2. The molecular weight excluding hydrogens is 400 g/mol. The van der Waals surface area contributed by atoms with Crippen molar-refractivity contribution in [1.82, 2.24) is 5.32 Å². The van der Waals surface area contributed by atoms with Crippen LogP contribution in [0, 0.1) is 0 Å². The topological polar surface area (TPSA) is 75.4 Å². The van der Waals surface area contributed by atoms with Crippen molar-refractivity contribution in [2.75, 3.05) is 43.4 Å². The SMILES string of the molecule is CCCC(C)[N+](CC)(CCNC(=O)CC)CCC(=O)N(CC)c1ccc(N)cc1.[Cl-]. The summed E-state index contributed by atoms with van der Waals surface area (Å²) in [6, 6.07) is 7.91. The molecule has 0 saturated carbocycles. The number of nitrogens with zero attached hydrogens (tertiary/aromatic N) is 2. The molecule has 0 radical (unpaired) electrons. The van der Waals surface area contributed by atoms with Crippen LogP contribution in [-0.4, -0.2) is 55.1 Å². The van der Waals surface area contributed by atoms with Gasteiger partial charge in [-0.05, 0) is 51.5 Å². The summed E-state index contributed by atoms with van der Waals surface area (Å²) in [6.45, 7) is 14.4. The molecular formula is C23H41ClN4O2. The number of nitrogens with two attached hydrogens (primary N) is 1. The molecule has 2 atom stereocenters. The van der Waals surface area contributed by atoms with Gasteiger partial charge in [-0.3, -0.25) is 9.59 Å². The average molecular weight is 441 g/mol. The molecule has 0 saturated heterocycles. The van der Waals surface area contributed by atoms with Gasteiger partial charge in [0.2, 0.25) is 11.8 Å². The predicted molar refractivity (Wildman–Crippen MR) is 122 cm³/mol. The number of nitrogen functional groups attached to an aromatic ring is 1. The Hall–Kier alpha value is -1.79. The van der Waals surface area contributed by atoms with E-state index in [1.165, 1.54) is 0 Å². The van der Waals surface area contributed by atoms with E-state index in [0.29, 0.717) is 37.7 Å². The number of carbonyl (C=O) groups is 2. The van der Waals surface area contributed by atoms with Gasteiger partial charge in [0.15, 0.2) is 0 Å². The minimum absolute atomic E-state index is 0. The summed E-state index contributed by atoms with van der Waals surface area (Å²) in [5.41, 5.74) is 7.36. The van der Waals surface area contributed by atoms with Crippen LogP contribution in [0.4, 0.5) is 11.4 Å². The molecule has 172 valence electrons. The minimum Gasteiger partial charge on any atom is -1.00 e. The number of quaternary nitrogens is 1. The van der Waals surface area contributed by atoms with E-state index in [1.54, 1.807) is 0 Å². The van der Waals surface area contributed by atoms with E-state index in [2.05, 4.69) is 26.1 Å². The highest BCUT2D eigenvalue weighted by Crippen LogP contribution is 2.21. The first-order chi connectivity index (χ1) is 13.8. The monoisotopic (exact) mass is 440 g/mol. The minimum atomic E-state index is 0. The van der Waals surface area contributed by atoms with Gasteiger partial charge >= 0.3 is 0 Å². The first-order valence-corrected chi connectivity index (χ1v) is 11.1. The Bertz CT molecular complexity index is 639. The second-order valence-corrected chi connectivity index (χ2v) is 7.80. The second-order valence-electron chi connectivity index (χ2n) is 7.80. The lowest BCUT2D eigenvalue weighted by atomic mass is 10.1. The smallest absolute Gasteiger partial charge is 0.232 e. The molecule has 1 aromatic carbocycles. The number of likely N-dealkylation sites (N-methyl/N-ethyl adjacent to an activating group) is 1. The molecule has 0 aliphatic carbocycles. The van der Waals surface area contributed by atoms with Crippen molar-refractivity contribution in [3.63, 3.8) is 0 Å². The lowest BCUT2D eigenvalue weighted by Crippen LogP contribution is -3.00. The highest BCUT2D eigenvalue weighted by molar-refractivity contribution is 5.93. The Morgan fingerprint density at radius 1 is 1.10 bits per heavy atom. The molecule has 3 N–H and O–H groups in total. The van der Waals surface area contributed by atoms with Gasteiger partial charge in [-0.2, -0.15) is 0 Å². The van der Waals surface area contributed by atoms with Crippen molar-refractivity contribution in [2.45, 2.75) is 66.3 Å². The van der Waals surface area contributed by atoms with Crippen molar-refractivity contribution < 1.29 is 26.5 Å². The van der Waals surface area contributed by atoms with Gasteiger partial charge in [0.1, 0.15) is 0 Å². The van der Waals surface area contributed by atoms with Crippen molar-refractivity contribution >= 4 is 23.2 Å². The standard InChI is InChI=1S/C23H40N4O2.ClH/c1-6-10-19(5)27(9-4,18-16-25-22(28)7-2)17-15-23(29)26(8-3)21-13-11-20(24)12-14-21;/h11-14,19H,6-10,15-18,24H2,1-5H3;1H. The maximum absolute atomic E-state index is 13.0. The zero-order chi connectivity index (χ0) is 21.9. The summed E-state index contributed by atoms with van der Waals surface area (Å²) in [5.74, 6) is 0.216. The largest absolute Gasteiger partial charge is 1.00 e.